The highest BCUT2D eigenvalue weighted by atomic mass is 127. The molecule has 2 atom stereocenters. The van der Waals surface area contributed by atoms with Crippen LogP contribution in [0.2, 0.25) is 0 Å². The van der Waals surface area contributed by atoms with Crippen LogP contribution in [-0.2, 0) is 6.54 Å². The van der Waals surface area contributed by atoms with Gasteiger partial charge in [-0.1, -0.05) is 36.4 Å². The van der Waals surface area contributed by atoms with Crippen molar-refractivity contribution < 1.29 is 9.47 Å². The number of guanidine groups is 1. The first-order chi connectivity index (χ1) is 12.7. The Labute approximate surface area is 177 Å². The van der Waals surface area contributed by atoms with Crippen LogP contribution in [0.3, 0.4) is 0 Å². The number of fused-ring (bicyclic) bond motifs is 1. The van der Waals surface area contributed by atoms with Gasteiger partial charge >= 0.3 is 0 Å². The molecule has 144 valence electrons. The summed E-state index contributed by atoms with van der Waals surface area (Å²) in [5.74, 6) is 3.16. The molecule has 1 aliphatic carbocycles. The summed E-state index contributed by atoms with van der Waals surface area (Å²) in [6.07, 6.45) is 1.15. The van der Waals surface area contributed by atoms with Gasteiger partial charge in [-0.2, -0.15) is 0 Å². The van der Waals surface area contributed by atoms with Crippen molar-refractivity contribution >= 4 is 29.9 Å². The van der Waals surface area contributed by atoms with Crippen molar-refractivity contribution in [3.05, 3.63) is 59.7 Å². The minimum atomic E-state index is 0. The zero-order valence-corrected chi connectivity index (χ0v) is 18.1. The molecule has 4 rings (SSSR count). The van der Waals surface area contributed by atoms with Gasteiger partial charge in [0.15, 0.2) is 17.5 Å². The minimum Gasteiger partial charge on any atom is -0.486 e. The Morgan fingerprint density at radius 3 is 2.59 bits per heavy atom. The lowest BCUT2D eigenvalue weighted by Gasteiger charge is -2.24. The Morgan fingerprint density at radius 2 is 1.85 bits per heavy atom. The molecule has 5 nitrogen and oxygen atoms in total. The Balaban J connectivity index is 0.00000210. The van der Waals surface area contributed by atoms with Crippen molar-refractivity contribution in [1.29, 1.82) is 0 Å². The summed E-state index contributed by atoms with van der Waals surface area (Å²) >= 11 is 0. The average Bonchev–Trinajstić information content (AvgIpc) is 3.46. The van der Waals surface area contributed by atoms with Gasteiger partial charge in [0.1, 0.15) is 13.2 Å². The summed E-state index contributed by atoms with van der Waals surface area (Å²) in [5, 5.41) is 3.59. The number of benzene rings is 2. The number of halogens is 1. The van der Waals surface area contributed by atoms with Crippen LogP contribution in [-0.4, -0.2) is 44.2 Å². The van der Waals surface area contributed by atoms with Gasteiger partial charge in [-0.25, -0.2) is 0 Å². The van der Waals surface area contributed by atoms with E-state index in [0.717, 1.165) is 30.4 Å². The number of nitrogens with zero attached hydrogens (tertiary/aromatic N) is 2. The molecule has 1 aliphatic heterocycles. The van der Waals surface area contributed by atoms with E-state index in [2.05, 4.69) is 64.7 Å². The van der Waals surface area contributed by atoms with E-state index in [-0.39, 0.29) is 24.0 Å². The largest absolute Gasteiger partial charge is 0.486 e. The van der Waals surface area contributed by atoms with E-state index in [9.17, 15) is 0 Å². The standard InChI is InChI=1S/C21H25N3O2.HI/c1-22-21(23-18-13-17(18)16-6-4-3-5-7-16)24(2)14-15-8-9-19-20(12-15)26-11-10-25-19;/h3-9,12,17-18H,10-11,13-14H2,1-2H3,(H,22,23);1H. The van der Waals surface area contributed by atoms with E-state index < -0.39 is 0 Å². The number of aliphatic imine (C=N–C) groups is 1. The average molecular weight is 479 g/mol. The zero-order valence-electron chi connectivity index (χ0n) is 15.7. The molecule has 1 N–H and O–H groups in total. The quantitative estimate of drug-likeness (QED) is 0.414. The minimum absolute atomic E-state index is 0. The van der Waals surface area contributed by atoms with Gasteiger partial charge in [0.05, 0.1) is 0 Å². The predicted octanol–water partition coefficient (Wildman–Crippen LogP) is 3.64. The summed E-state index contributed by atoms with van der Waals surface area (Å²) in [6.45, 7) is 1.99. The van der Waals surface area contributed by atoms with Crippen LogP contribution in [0.4, 0.5) is 0 Å². The van der Waals surface area contributed by atoms with E-state index >= 15 is 0 Å². The third-order valence-corrected chi connectivity index (χ3v) is 4.93. The van der Waals surface area contributed by atoms with E-state index in [1.165, 1.54) is 11.1 Å². The SMILES string of the molecule is CN=C(NC1CC1c1ccccc1)N(C)Cc1ccc2c(c1)OCCO2.I. The molecule has 1 fully saturated rings. The molecule has 1 heterocycles. The van der Waals surface area contributed by atoms with Crippen molar-refractivity contribution in [2.24, 2.45) is 4.99 Å². The normalized spacial score (nSPS) is 20.4. The lowest BCUT2D eigenvalue weighted by atomic mass is 10.1. The first kappa shape index (κ1) is 19.8. The molecule has 6 heteroatoms. The number of rotatable bonds is 4. The second kappa shape index (κ2) is 8.82. The fourth-order valence-corrected chi connectivity index (χ4v) is 3.47. The first-order valence-electron chi connectivity index (χ1n) is 9.12. The maximum absolute atomic E-state index is 5.68. The van der Waals surface area contributed by atoms with E-state index in [0.29, 0.717) is 25.2 Å². The Morgan fingerprint density at radius 1 is 1.11 bits per heavy atom. The summed E-state index contributed by atoms with van der Waals surface area (Å²) < 4.78 is 11.3. The topological polar surface area (TPSA) is 46.1 Å². The summed E-state index contributed by atoms with van der Waals surface area (Å²) in [7, 11) is 3.90. The molecule has 0 radical (unpaired) electrons. The molecular formula is C21H26IN3O2. The monoisotopic (exact) mass is 479 g/mol. The van der Waals surface area contributed by atoms with Crippen LogP contribution >= 0.6 is 24.0 Å². The molecule has 2 aromatic rings. The second-order valence-electron chi connectivity index (χ2n) is 6.88. The van der Waals surface area contributed by atoms with Crippen LogP contribution < -0.4 is 14.8 Å². The first-order valence-corrected chi connectivity index (χ1v) is 9.12. The number of nitrogens with one attached hydrogen (secondary N) is 1. The predicted molar refractivity (Wildman–Crippen MR) is 118 cm³/mol. The third-order valence-electron chi connectivity index (χ3n) is 4.93. The van der Waals surface area contributed by atoms with Crippen molar-refractivity contribution in [3.8, 4) is 11.5 Å². The lowest BCUT2D eigenvalue weighted by molar-refractivity contribution is 0.171. The smallest absolute Gasteiger partial charge is 0.193 e. The zero-order chi connectivity index (χ0) is 17.9. The summed E-state index contributed by atoms with van der Waals surface area (Å²) in [4.78, 5) is 6.60. The highest BCUT2D eigenvalue weighted by Crippen LogP contribution is 2.40. The highest BCUT2D eigenvalue weighted by molar-refractivity contribution is 14.0. The second-order valence-corrected chi connectivity index (χ2v) is 6.88. The van der Waals surface area contributed by atoms with Gasteiger partial charge in [0.25, 0.3) is 0 Å². The molecule has 2 unspecified atom stereocenters. The number of ether oxygens (including phenoxy) is 2. The molecule has 0 bridgehead atoms. The van der Waals surface area contributed by atoms with Gasteiger partial charge in [-0.3, -0.25) is 4.99 Å². The van der Waals surface area contributed by atoms with Crippen molar-refractivity contribution in [1.82, 2.24) is 10.2 Å². The van der Waals surface area contributed by atoms with Crippen molar-refractivity contribution in [3.63, 3.8) is 0 Å². The molecule has 0 spiro atoms. The van der Waals surface area contributed by atoms with Crippen molar-refractivity contribution in [2.45, 2.75) is 24.9 Å². The van der Waals surface area contributed by atoms with Gasteiger partial charge in [0.2, 0.25) is 0 Å². The fraction of sp³-hybridized carbons (Fsp3) is 0.381. The van der Waals surface area contributed by atoms with Gasteiger partial charge < -0.3 is 19.7 Å². The maximum atomic E-state index is 5.68. The fourth-order valence-electron chi connectivity index (χ4n) is 3.47. The molecule has 0 amide bonds. The van der Waals surface area contributed by atoms with Gasteiger partial charge in [-0.15, -0.1) is 24.0 Å². The Hall–Kier alpha value is -1.96. The molecule has 2 aliphatic rings. The van der Waals surface area contributed by atoms with Crippen molar-refractivity contribution in [2.75, 3.05) is 27.3 Å². The van der Waals surface area contributed by atoms with Crippen LogP contribution in [0.5, 0.6) is 11.5 Å². The molecule has 1 saturated carbocycles. The molecule has 0 aromatic heterocycles. The van der Waals surface area contributed by atoms with Crippen LogP contribution in [0.1, 0.15) is 23.5 Å². The Bertz CT molecular complexity index is 797. The molecule has 2 aromatic carbocycles. The Kier molecular flexibility index (Phi) is 6.46. The third kappa shape index (κ3) is 4.66. The summed E-state index contributed by atoms with van der Waals surface area (Å²) in [6, 6.07) is 17.3. The maximum Gasteiger partial charge on any atom is 0.193 e. The lowest BCUT2D eigenvalue weighted by Crippen LogP contribution is -2.40. The van der Waals surface area contributed by atoms with E-state index in [1.807, 2.05) is 13.1 Å². The van der Waals surface area contributed by atoms with Gasteiger partial charge in [-0.05, 0) is 29.7 Å². The molecule has 0 saturated heterocycles. The van der Waals surface area contributed by atoms with Crippen LogP contribution in [0, 0.1) is 0 Å². The van der Waals surface area contributed by atoms with E-state index in [1.54, 1.807) is 0 Å². The highest BCUT2D eigenvalue weighted by Gasteiger charge is 2.39. The van der Waals surface area contributed by atoms with Gasteiger partial charge in [0, 0.05) is 32.6 Å². The van der Waals surface area contributed by atoms with E-state index in [4.69, 9.17) is 9.47 Å². The van der Waals surface area contributed by atoms with Crippen LogP contribution in [0.15, 0.2) is 53.5 Å². The summed E-state index contributed by atoms with van der Waals surface area (Å²) in [5.41, 5.74) is 2.57. The molecule has 27 heavy (non-hydrogen) atoms. The number of hydrogen-bond donors (Lipinski definition) is 1. The number of hydrogen-bond acceptors (Lipinski definition) is 3. The van der Waals surface area contributed by atoms with Crippen LogP contribution in [0.25, 0.3) is 0 Å². The molecular weight excluding hydrogens is 453 g/mol.